The topological polar surface area (TPSA) is 135 Å². The fourth-order valence-corrected chi connectivity index (χ4v) is 4.02. The molecule has 0 bridgehead atoms. The average Bonchev–Trinajstić information content (AvgIpc) is 3.31. The van der Waals surface area contributed by atoms with E-state index in [9.17, 15) is 15.3 Å². The first-order chi connectivity index (χ1) is 15.1. The van der Waals surface area contributed by atoms with E-state index in [-0.39, 0.29) is 11.1 Å². The molecule has 0 spiro atoms. The third kappa shape index (κ3) is 4.19. The summed E-state index contributed by atoms with van der Waals surface area (Å²) in [7, 11) is 0. The molecule has 0 amide bonds. The summed E-state index contributed by atoms with van der Waals surface area (Å²) >= 11 is 7.14. The average molecular weight is 446 g/mol. The molecule has 4 rings (SSSR count). The van der Waals surface area contributed by atoms with Crippen molar-refractivity contribution >= 4 is 23.4 Å². The Kier molecular flexibility index (Phi) is 5.80. The van der Waals surface area contributed by atoms with Crippen LogP contribution in [0.2, 0.25) is 5.02 Å². The maximum atomic E-state index is 12.6. The lowest BCUT2D eigenvalue weighted by Gasteiger charge is -2.11. The molecule has 0 radical (unpaired) electrons. The Bertz CT molecular complexity index is 1370. The molecule has 4 aromatic rings. The van der Waals surface area contributed by atoms with Crippen LogP contribution in [0, 0.1) is 22.7 Å². The van der Waals surface area contributed by atoms with Gasteiger partial charge in [0.25, 0.3) is 5.56 Å². The van der Waals surface area contributed by atoms with Crippen LogP contribution in [-0.2, 0) is 5.75 Å². The van der Waals surface area contributed by atoms with Crippen LogP contribution in [0.25, 0.3) is 22.3 Å². The van der Waals surface area contributed by atoms with Crippen LogP contribution < -0.4 is 5.56 Å². The van der Waals surface area contributed by atoms with Crippen molar-refractivity contribution in [3.63, 3.8) is 0 Å². The molecule has 0 atom stereocenters. The van der Waals surface area contributed by atoms with E-state index >= 15 is 0 Å². The van der Waals surface area contributed by atoms with Crippen molar-refractivity contribution in [1.82, 2.24) is 25.6 Å². The number of nitrogens with one attached hydrogen (secondary N) is 2. The van der Waals surface area contributed by atoms with Crippen molar-refractivity contribution in [2.24, 2.45) is 0 Å². The largest absolute Gasteiger partial charge is 0.315 e. The number of thioether (sulfide) groups is 1. The van der Waals surface area contributed by atoms with Gasteiger partial charge in [-0.05, 0) is 28.8 Å². The molecule has 2 aromatic carbocycles. The second kappa shape index (κ2) is 8.84. The summed E-state index contributed by atoms with van der Waals surface area (Å²) in [6.45, 7) is 0. The van der Waals surface area contributed by atoms with Crippen molar-refractivity contribution < 1.29 is 0 Å². The van der Waals surface area contributed by atoms with Crippen LogP contribution >= 0.6 is 23.4 Å². The Morgan fingerprint density at radius 1 is 0.935 bits per heavy atom. The Morgan fingerprint density at radius 2 is 1.55 bits per heavy atom. The summed E-state index contributed by atoms with van der Waals surface area (Å²) in [5.41, 5.74) is 2.34. The van der Waals surface area contributed by atoms with Gasteiger partial charge in [-0.15, -0.1) is 10.2 Å². The normalized spacial score (nSPS) is 10.4. The maximum absolute atomic E-state index is 12.6. The molecule has 0 aliphatic heterocycles. The van der Waals surface area contributed by atoms with Gasteiger partial charge in [0.1, 0.15) is 17.7 Å². The van der Waals surface area contributed by atoms with Gasteiger partial charge in [0, 0.05) is 10.6 Å². The smallest absolute Gasteiger partial charge is 0.267 e. The predicted molar refractivity (Wildman–Crippen MR) is 116 cm³/mol. The third-order valence-electron chi connectivity index (χ3n) is 4.49. The van der Waals surface area contributed by atoms with Gasteiger partial charge in [0.2, 0.25) is 0 Å². The monoisotopic (exact) mass is 445 g/mol. The number of nitriles is 2. The van der Waals surface area contributed by atoms with Crippen LogP contribution in [0.1, 0.15) is 17.0 Å². The van der Waals surface area contributed by atoms with E-state index in [0.29, 0.717) is 32.8 Å². The lowest BCUT2D eigenvalue weighted by Crippen LogP contribution is -2.15. The Labute approximate surface area is 185 Å². The molecule has 2 aromatic heterocycles. The van der Waals surface area contributed by atoms with Gasteiger partial charge in [-0.1, -0.05) is 65.0 Å². The minimum Gasteiger partial charge on any atom is -0.315 e. The van der Waals surface area contributed by atoms with Crippen molar-refractivity contribution in [1.29, 1.82) is 10.5 Å². The molecule has 0 unspecified atom stereocenters. The number of hydrogen-bond donors (Lipinski definition) is 2. The number of rotatable bonds is 5. The SMILES string of the molecule is N#Cc1c(SCc2nn[nH]n2)[nH]c(=O)c(C#N)c1-c1ccc(-c2ccc(Cl)cc2)cc1. The highest BCUT2D eigenvalue weighted by atomic mass is 35.5. The number of halogens is 1. The van der Waals surface area contributed by atoms with Gasteiger partial charge in [-0.25, -0.2) is 0 Å². The molecule has 10 heteroatoms. The van der Waals surface area contributed by atoms with Gasteiger partial charge >= 0.3 is 0 Å². The van der Waals surface area contributed by atoms with Gasteiger partial charge in [0.15, 0.2) is 5.82 Å². The number of tetrazole rings is 1. The molecular formula is C21H12ClN7OS. The van der Waals surface area contributed by atoms with Gasteiger partial charge in [0.05, 0.1) is 16.3 Å². The fraction of sp³-hybridized carbons (Fsp3) is 0.0476. The minimum absolute atomic E-state index is 0.111. The van der Waals surface area contributed by atoms with E-state index in [0.717, 1.165) is 11.1 Å². The van der Waals surface area contributed by atoms with E-state index in [1.54, 1.807) is 24.3 Å². The van der Waals surface area contributed by atoms with E-state index in [4.69, 9.17) is 11.6 Å². The van der Waals surface area contributed by atoms with E-state index < -0.39 is 5.56 Å². The highest BCUT2D eigenvalue weighted by Crippen LogP contribution is 2.33. The molecule has 0 aliphatic carbocycles. The first-order valence-corrected chi connectivity index (χ1v) is 10.3. The fourth-order valence-electron chi connectivity index (χ4n) is 3.04. The molecule has 0 aliphatic rings. The number of pyridine rings is 1. The summed E-state index contributed by atoms with van der Waals surface area (Å²) < 4.78 is 0. The number of benzene rings is 2. The molecule has 0 saturated carbocycles. The molecule has 2 N–H and O–H groups in total. The van der Waals surface area contributed by atoms with Gasteiger partial charge in [-0.3, -0.25) is 4.79 Å². The van der Waals surface area contributed by atoms with Crippen LogP contribution in [0.5, 0.6) is 0 Å². The molecule has 8 nitrogen and oxygen atoms in total. The second-order valence-electron chi connectivity index (χ2n) is 6.33. The molecule has 31 heavy (non-hydrogen) atoms. The van der Waals surface area contributed by atoms with Crippen LogP contribution in [0.15, 0.2) is 58.4 Å². The summed E-state index contributed by atoms with van der Waals surface area (Å²) in [6, 6.07) is 18.8. The zero-order valence-electron chi connectivity index (χ0n) is 15.8. The summed E-state index contributed by atoms with van der Waals surface area (Å²) in [6.07, 6.45) is 0. The number of aromatic amines is 2. The third-order valence-corrected chi connectivity index (χ3v) is 5.74. The predicted octanol–water partition coefficient (Wildman–Crippen LogP) is 3.91. The maximum Gasteiger partial charge on any atom is 0.267 e. The summed E-state index contributed by atoms with van der Waals surface area (Å²) in [4.78, 5) is 15.2. The number of nitrogens with zero attached hydrogens (tertiary/aromatic N) is 5. The van der Waals surface area contributed by atoms with Gasteiger partial charge in [-0.2, -0.15) is 15.7 Å². The summed E-state index contributed by atoms with van der Waals surface area (Å²) in [5, 5.41) is 34.0. The molecular weight excluding hydrogens is 434 g/mol. The van der Waals surface area contributed by atoms with Crippen molar-refractivity contribution in [3.8, 4) is 34.4 Å². The highest BCUT2D eigenvalue weighted by Gasteiger charge is 2.20. The van der Waals surface area contributed by atoms with E-state index in [1.165, 1.54) is 11.8 Å². The molecule has 150 valence electrons. The van der Waals surface area contributed by atoms with Crippen molar-refractivity contribution in [3.05, 3.63) is 80.9 Å². The lowest BCUT2D eigenvalue weighted by molar-refractivity contribution is 0.881. The van der Waals surface area contributed by atoms with E-state index in [1.807, 2.05) is 30.3 Å². The zero-order valence-corrected chi connectivity index (χ0v) is 17.3. The molecule has 0 fully saturated rings. The number of hydrogen-bond acceptors (Lipinski definition) is 7. The quantitative estimate of drug-likeness (QED) is 0.444. The molecule has 2 heterocycles. The standard InChI is InChI=1S/C21H12ClN7OS/c22-15-7-5-13(6-8-15)12-1-3-14(4-2-12)19-16(9-23)20(30)25-21(17(19)10-24)31-11-18-26-28-29-27-18/h1-8H,11H2,(H,25,30)(H,26,27,28,29). The second-order valence-corrected chi connectivity index (χ2v) is 7.75. The minimum atomic E-state index is -0.561. The highest BCUT2D eigenvalue weighted by molar-refractivity contribution is 7.98. The Morgan fingerprint density at radius 3 is 2.13 bits per heavy atom. The van der Waals surface area contributed by atoms with Crippen molar-refractivity contribution in [2.45, 2.75) is 10.8 Å². The summed E-state index contributed by atoms with van der Waals surface area (Å²) in [5.74, 6) is 0.718. The Balaban J connectivity index is 1.77. The van der Waals surface area contributed by atoms with Crippen LogP contribution in [-0.4, -0.2) is 25.6 Å². The van der Waals surface area contributed by atoms with Crippen LogP contribution in [0.4, 0.5) is 0 Å². The first-order valence-electron chi connectivity index (χ1n) is 8.92. The zero-order chi connectivity index (χ0) is 21.8. The Hall–Kier alpha value is -3.92. The number of aromatic nitrogens is 5. The first kappa shape index (κ1) is 20.4. The molecule has 0 saturated heterocycles. The van der Waals surface area contributed by atoms with E-state index in [2.05, 4.69) is 31.7 Å². The van der Waals surface area contributed by atoms with Crippen LogP contribution in [0.3, 0.4) is 0 Å². The van der Waals surface area contributed by atoms with Gasteiger partial charge < -0.3 is 4.98 Å². The lowest BCUT2D eigenvalue weighted by atomic mass is 9.95. The number of H-pyrrole nitrogens is 2. The van der Waals surface area contributed by atoms with Crippen molar-refractivity contribution in [2.75, 3.05) is 0 Å².